The second-order valence-electron chi connectivity index (χ2n) is 22.7. The van der Waals surface area contributed by atoms with Crippen LogP contribution >= 0.6 is 0 Å². The largest absolute Gasteiger partial charge is 0.462 e. The van der Waals surface area contributed by atoms with Gasteiger partial charge in [-0.1, -0.05) is 311 Å². The zero-order valence-electron chi connectivity index (χ0n) is 52.8. The molecule has 1 atom stereocenters. The van der Waals surface area contributed by atoms with E-state index in [1.54, 1.807) is 0 Å². The number of carbonyl (C=O) groups is 3. The van der Waals surface area contributed by atoms with Crippen LogP contribution in [0.2, 0.25) is 0 Å². The summed E-state index contributed by atoms with van der Waals surface area (Å²) >= 11 is 0. The molecule has 0 saturated heterocycles. The second kappa shape index (κ2) is 67.8. The summed E-state index contributed by atoms with van der Waals surface area (Å²) in [6, 6.07) is 0. The van der Waals surface area contributed by atoms with Crippen molar-refractivity contribution >= 4 is 17.9 Å². The molecule has 0 aliphatic carbocycles. The monoisotopic (exact) mass is 1110 g/mol. The average molecular weight is 1110 g/mol. The summed E-state index contributed by atoms with van der Waals surface area (Å²) in [5.74, 6) is -0.885. The van der Waals surface area contributed by atoms with Crippen LogP contribution in [0.3, 0.4) is 0 Å². The van der Waals surface area contributed by atoms with Crippen LogP contribution in [0.15, 0.2) is 97.2 Å². The van der Waals surface area contributed by atoms with Gasteiger partial charge in [-0.05, 0) is 103 Å². The number of esters is 3. The zero-order chi connectivity index (χ0) is 57.8. The van der Waals surface area contributed by atoms with Crippen LogP contribution in [0.5, 0.6) is 0 Å². The highest BCUT2D eigenvalue weighted by atomic mass is 16.6. The molecule has 0 radical (unpaired) electrons. The molecule has 1 unspecified atom stereocenters. The lowest BCUT2D eigenvalue weighted by molar-refractivity contribution is -0.167. The van der Waals surface area contributed by atoms with Crippen LogP contribution in [0.25, 0.3) is 0 Å². The van der Waals surface area contributed by atoms with Crippen LogP contribution in [-0.4, -0.2) is 37.2 Å². The molecule has 0 spiro atoms. The van der Waals surface area contributed by atoms with Gasteiger partial charge in [0.25, 0.3) is 0 Å². The summed E-state index contributed by atoms with van der Waals surface area (Å²) in [7, 11) is 0. The van der Waals surface area contributed by atoms with Crippen molar-refractivity contribution in [1.29, 1.82) is 0 Å². The lowest BCUT2D eigenvalue weighted by Crippen LogP contribution is -2.30. The van der Waals surface area contributed by atoms with E-state index >= 15 is 0 Å². The van der Waals surface area contributed by atoms with Crippen molar-refractivity contribution in [2.75, 3.05) is 13.2 Å². The molecular weight excluding hydrogens is 985 g/mol. The number of ether oxygens (including phenoxy) is 3. The highest BCUT2D eigenvalue weighted by Crippen LogP contribution is 2.17. The summed E-state index contributed by atoms with van der Waals surface area (Å²) in [5, 5.41) is 0. The SMILES string of the molecule is CC/C=C\C/C=C\C/C=C\C/C=C\C/C=C\CCCCCCCCCC(=O)OCC(COC(=O)CCCCCCCCCCCCCCCCCC)OC(=O)CCCCCCCCCC/C=C\C/C=C\C/C=C\CCCCCCC. The maximum absolute atomic E-state index is 13.0. The Morgan fingerprint density at radius 3 is 0.762 bits per heavy atom. The molecule has 0 N–H and O–H groups in total. The van der Waals surface area contributed by atoms with Gasteiger partial charge in [-0.25, -0.2) is 0 Å². The van der Waals surface area contributed by atoms with Gasteiger partial charge in [-0.3, -0.25) is 14.4 Å². The van der Waals surface area contributed by atoms with E-state index in [-0.39, 0.29) is 31.1 Å². The molecule has 0 saturated carbocycles. The Morgan fingerprint density at radius 1 is 0.263 bits per heavy atom. The molecule has 6 nitrogen and oxygen atoms in total. The van der Waals surface area contributed by atoms with Crippen LogP contribution in [-0.2, 0) is 28.6 Å². The number of hydrogen-bond acceptors (Lipinski definition) is 6. The minimum atomic E-state index is -0.788. The first kappa shape index (κ1) is 76.3. The zero-order valence-corrected chi connectivity index (χ0v) is 52.8. The third kappa shape index (κ3) is 65.1. The van der Waals surface area contributed by atoms with Crippen molar-refractivity contribution < 1.29 is 28.6 Å². The second-order valence-corrected chi connectivity index (χ2v) is 22.7. The molecule has 0 heterocycles. The summed E-state index contributed by atoms with van der Waals surface area (Å²) in [5.41, 5.74) is 0. The number of carbonyl (C=O) groups excluding carboxylic acids is 3. The predicted octanol–water partition coefficient (Wildman–Crippen LogP) is 23.6. The Morgan fingerprint density at radius 2 is 0.487 bits per heavy atom. The first-order valence-corrected chi connectivity index (χ1v) is 34.2. The van der Waals surface area contributed by atoms with E-state index in [2.05, 4.69) is 118 Å². The smallest absolute Gasteiger partial charge is 0.306 e. The van der Waals surface area contributed by atoms with Crippen LogP contribution in [0.4, 0.5) is 0 Å². The fourth-order valence-corrected chi connectivity index (χ4v) is 9.71. The minimum Gasteiger partial charge on any atom is -0.462 e. The summed E-state index contributed by atoms with van der Waals surface area (Å²) in [6.45, 7) is 6.54. The average Bonchev–Trinajstić information content (AvgIpc) is 3.46. The molecule has 80 heavy (non-hydrogen) atoms. The molecule has 0 fully saturated rings. The molecule has 0 bridgehead atoms. The topological polar surface area (TPSA) is 78.9 Å². The standard InChI is InChI=1S/C74H128O6/c1-4-7-10-13-16-19-22-25-28-31-33-35-37-39-41-43-46-49-52-55-58-61-64-67-73(76)79-70-71(69-78-72(75)66-63-60-57-54-51-48-45-30-27-24-21-18-15-12-9-6-3)80-74(77)68-65-62-59-56-53-50-47-44-42-40-38-36-34-32-29-26-23-20-17-14-11-8-5-2/h7,10,16,19,23,25-26,28,32-35,38-41,71H,4-6,8-9,11-15,17-18,20-22,24,27,29-31,36-37,42-70H2,1-3H3/b10-7-,19-16-,26-23-,28-25-,34-32-,35-33-,40-38-,41-39-. The van der Waals surface area contributed by atoms with Crippen molar-refractivity contribution in [3.05, 3.63) is 97.2 Å². The number of rotatable bonds is 62. The predicted molar refractivity (Wildman–Crippen MR) is 348 cm³/mol. The van der Waals surface area contributed by atoms with E-state index in [9.17, 15) is 14.4 Å². The van der Waals surface area contributed by atoms with E-state index in [0.29, 0.717) is 19.3 Å². The van der Waals surface area contributed by atoms with E-state index in [4.69, 9.17) is 14.2 Å². The molecule has 6 heteroatoms. The summed E-state index contributed by atoms with van der Waals surface area (Å²) in [6.07, 6.45) is 91.2. The van der Waals surface area contributed by atoms with Gasteiger partial charge in [0.15, 0.2) is 6.10 Å². The Balaban J connectivity index is 4.40. The molecule has 460 valence electrons. The number of allylic oxidation sites excluding steroid dienone is 16. The highest BCUT2D eigenvalue weighted by molar-refractivity contribution is 5.71. The van der Waals surface area contributed by atoms with Gasteiger partial charge in [0.05, 0.1) is 0 Å². The minimum absolute atomic E-state index is 0.0815. The van der Waals surface area contributed by atoms with Crippen molar-refractivity contribution in [3.63, 3.8) is 0 Å². The Kier molecular flexibility index (Phi) is 64.7. The number of unbranched alkanes of at least 4 members (excludes halogenated alkanes) is 35. The maximum atomic E-state index is 13.0. The molecule has 0 aliphatic rings. The normalized spacial score (nSPS) is 12.7. The van der Waals surface area contributed by atoms with Gasteiger partial charge in [0.1, 0.15) is 13.2 Å². The van der Waals surface area contributed by atoms with Crippen molar-refractivity contribution in [1.82, 2.24) is 0 Å². The third-order valence-corrected chi connectivity index (χ3v) is 14.8. The molecule has 0 aliphatic heterocycles. The molecule has 0 aromatic heterocycles. The molecule has 0 amide bonds. The van der Waals surface area contributed by atoms with Crippen molar-refractivity contribution in [3.8, 4) is 0 Å². The molecule has 0 aromatic carbocycles. The summed E-state index contributed by atoms with van der Waals surface area (Å²) < 4.78 is 17.0. The van der Waals surface area contributed by atoms with E-state index in [0.717, 1.165) is 116 Å². The molecular formula is C74H128O6. The number of hydrogen-bond donors (Lipinski definition) is 0. The Hall–Kier alpha value is -3.67. The van der Waals surface area contributed by atoms with Gasteiger partial charge in [-0.2, -0.15) is 0 Å². The first-order valence-electron chi connectivity index (χ1n) is 34.2. The van der Waals surface area contributed by atoms with E-state index < -0.39 is 6.10 Å². The van der Waals surface area contributed by atoms with Crippen LogP contribution in [0.1, 0.15) is 335 Å². The fourth-order valence-electron chi connectivity index (χ4n) is 9.71. The Bertz CT molecular complexity index is 1560. The lowest BCUT2D eigenvalue weighted by Gasteiger charge is -2.18. The van der Waals surface area contributed by atoms with Crippen molar-refractivity contribution in [2.24, 2.45) is 0 Å². The highest BCUT2D eigenvalue weighted by Gasteiger charge is 2.19. The van der Waals surface area contributed by atoms with E-state index in [1.807, 2.05) is 0 Å². The van der Waals surface area contributed by atoms with Gasteiger partial charge < -0.3 is 14.2 Å². The lowest BCUT2D eigenvalue weighted by atomic mass is 10.0. The van der Waals surface area contributed by atoms with Gasteiger partial charge in [0.2, 0.25) is 0 Å². The van der Waals surface area contributed by atoms with Crippen LogP contribution < -0.4 is 0 Å². The first-order chi connectivity index (χ1) is 39.5. The molecule has 0 rings (SSSR count). The van der Waals surface area contributed by atoms with Gasteiger partial charge in [-0.15, -0.1) is 0 Å². The van der Waals surface area contributed by atoms with Gasteiger partial charge >= 0.3 is 17.9 Å². The quantitative estimate of drug-likeness (QED) is 0.0261. The van der Waals surface area contributed by atoms with E-state index in [1.165, 1.54) is 180 Å². The maximum Gasteiger partial charge on any atom is 0.306 e. The van der Waals surface area contributed by atoms with Crippen LogP contribution in [0, 0.1) is 0 Å². The fraction of sp³-hybridized carbons (Fsp3) is 0.743. The third-order valence-electron chi connectivity index (χ3n) is 14.8. The summed E-state index contributed by atoms with van der Waals surface area (Å²) in [4.78, 5) is 38.4. The van der Waals surface area contributed by atoms with Crippen molar-refractivity contribution in [2.45, 2.75) is 341 Å². The van der Waals surface area contributed by atoms with Gasteiger partial charge in [0, 0.05) is 19.3 Å². The molecule has 0 aromatic rings. The Labute approximate surface area is 496 Å².